The van der Waals surface area contributed by atoms with E-state index in [1.807, 2.05) is 6.07 Å². The lowest BCUT2D eigenvalue weighted by Gasteiger charge is -2.01. The fraction of sp³-hybridized carbons (Fsp3) is 0.0833. The van der Waals surface area contributed by atoms with E-state index in [2.05, 4.69) is 9.97 Å². The Morgan fingerprint density at radius 2 is 2.05 bits per heavy atom. The molecule has 7 heteroatoms. The zero-order chi connectivity index (χ0) is 13.8. The van der Waals surface area contributed by atoms with Crippen LogP contribution < -0.4 is 0 Å². The zero-order valence-electron chi connectivity index (χ0n) is 9.65. The first kappa shape index (κ1) is 12.4. The molecular formula is C12H8N4O3. The van der Waals surface area contributed by atoms with Gasteiger partial charge in [-0.3, -0.25) is 10.1 Å². The Balaban J connectivity index is 2.34. The van der Waals surface area contributed by atoms with Crippen LogP contribution in [-0.2, 0) is 6.42 Å². The van der Waals surface area contributed by atoms with Crippen LogP contribution in [0.1, 0.15) is 5.56 Å². The summed E-state index contributed by atoms with van der Waals surface area (Å²) >= 11 is 0. The Bertz CT molecular complexity index is 662. The van der Waals surface area contributed by atoms with E-state index in [4.69, 9.17) is 5.26 Å². The predicted octanol–water partition coefficient (Wildman–Crippen LogP) is 1.82. The van der Waals surface area contributed by atoms with Crippen LogP contribution in [0.3, 0.4) is 0 Å². The first-order chi connectivity index (χ1) is 9.11. The molecule has 0 bridgehead atoms. The lowest BCUT2D eigenvalue weighted by molar-refractivity contribution is -0.386. The summed E-state index contributed by atoms with van der Waals surface area (Å²) in [6, 6.07) is 8.87. The van der Waals surface area contributed by atoms with Gasteiger partial charge >= 0.3 is 5.69 Å². The van der Waals surface area contributed by atoms with Crippen molar-refractivity contribution < 1.29 is 10.0 Å². The topological polar surface area (TPSA) is 113 Å². The number of aromatic nitrogens is 2. The summed E-state index contributed by atoms with van der Waals surface area (Å²) in [6.07, 6.45) is 1.26. The molecule has 0 aliphatic carbocycles. The smallest absolute Gasteiger partial charge is 0.348 e. The fourth-order valence-corrected chi connectivity index (χ4v) is 1.50. The molecule has 19 heavy (non-hydrogen) atoms. The monoisotopic (exact) mass is 256 g/mol. The van der Waals surface area contributed by atoms with Gasteiger partial charge in [0, 0.05) is 5.56 Å². The summed E-state index contributed by atoms with van der Waals surface area (Å²) < 4.78 is 0. The summed E-state index contributed by atoms with van der Waals surface area (Å²) in [6.45, 7) is 0. The van der Waals surface area contributed by atoms with Gasteiger partial charge in [-0.1, -0.05) is 24.3 Å². The number of hydrogen-bond acceptors (Lipinski definition) is 6. The maximum Gasteiger partial charge on any atom is 0.348 e. The lowest BCUT2D eigenvalue weighted by atomic mass is 10.1. The molecule has 0 unspecified atom stereocenters. The molecule has 2 aromatic rings. The second kappa shape index (κ2) is 5.10. The minimum Gasteiger partial charge on any atom is -0.488 e. The first-order valence-electron chi connectivity index (χ1n) is 5.28. The number of aromatic hydroxyl groups is 1. The van der Waals surface area contributed by atoms with Gasteiger partial charge in [0.25, 0.3) is 5.88 Å². The number of rotatable bonds is 3. The molecule has 0 saturated heterocycles. The van der Waals surface area contributed by atoms with E-state index in [1.54, 1.807) is 24.3 Å². The van der Waals surface area contributed by atoms with E-state index in [0.29, 0.717) is 12.0 Å². The van der Waals surface area contributed by atoms with Crippen LogP contribution in [-0.4, -0.2) is 20.0 Å². The predicted molar refractivity (Wildman–Crippen MR) is 65.1 cm³/mol. The minimum atomic E-state index is -0.755. The second-order valence-corrected chi connectivity index (χ2v) is 3.69. The van der Waals surface area contributed by atoms with Gasteiger partial charge in [-0.15, -0.1) is 0 Å². The molecule has 94 valence electrons. The van der Waals surface area contributed by atoms with Gasteiger partial charge in [0.15, 0.2) is 5.82 Å². The van der Waals surface area contributed by atoms with Crippen LogP contribution in [0.2, 0.25) is 0 Å². The highest BCUT2D eigenvalue weighted by Gasteiger charge is 2.16. The van der Waals surface area contributed by atoms with Gasteiger partial charge < -0.3 is 5.11 Å². The summed E-state index contributed by atoms with van der Waals surface area (Å²) in [5.41, 5.74) is 0.911. The summed E-state index contributed by atoms with van der Waals surface area (Å²) in [4.78, 5) is 17.3. The normalized spacial score (nSPS) is 9.84. The van der Waals surface area contributed by atoms with Crippen molar-refractivity contribution in [2.24, 2.45) is 0 Å². The van der Waals surface area contributed by atoms with Gasteiger partial charge in [0.05, 0.1) is 17.4 Å². The molecule has 1 aromatic carbocycles. The molecule has 1 aromatic heterocycles. The highest BCUT2D eigenvalue weighted by atomic mass is 16.6. The van der Waals surface area contributed by atoms with Crippen LogP contribution in [0.4, 0.5) is 5.69 Å². The number of nitro groups is 1. The highest BCUT2D eigenvalue weighted by molar-refractivity contribution is 5.57. The molecule has 0 amide bonds. The third-order valence-corrected chi connectivity index (χ3v) is 2.44. The van der Waals surface area contributed by atoms with Crippen molar-refractivity contribution >= 4 is 5.69 Å². The zero-order valence-corrected chi connectivity index (χ0v) is 9.65. The maximum atomic E-state index is 10.5. The van der Waals surface area contributed by atoms with E-state index in [9.17, 15) is 15.2 Å². The summed E-state index contributed by atoms with van der Waals surface area (Å²) in [5, 5.41) is 28.5. The molecule has 1 heterocycles. The van der Waals surface area contributed by atoms with Crippen LogP contribution in [0.15, 0.2) is 30.5 Å². The fourth-order valence-electron chi connectivity index (χ4n) is 1.50. The van der Waals surface area contributed by atoms with Crippen LogP contribution in [0.25, 0.3) is 11.4 Å². The Morgan fingerprint density at radius 3 is 2.58 bits per heavy atom. The number of benzene rings is 1. The maximum absolute atomic E-state index is 10.5. The molecule has 0 spiro atoms. The number of nitrogens with zero attached hydrogens (tertiary/aromatic N) is 4. The Hall–Kier alpha value is -3.01. The molecule has 0 radical (unpaired) electrons. The average molecular weight is 256 g/mol. The SMILES string of the molecule is N#CCc1ccc(-c2ncc([N+](=O)[O-])c(O)n2)cc1. The van der Waals surface area contributed by atoms with Crippen LogP contribution >= 0.6 is 0 Å². The molecule has 0 fully saturated rings. The summed E-state index contributed by atoms with van der Waals surface area (Å²) in [5.74, 6) is -0.484. The average Bonchev–Trinajstić information content (AvgIpc) is 2.39. The largest absolute Gasteiger partial charge is 0.488 e. The molecular weight excluding hydrogens is 248 g/mol. The van der Waals surface area contributed by atoms with E-state index in [-0.39, 0.29) is 5.82 Å². The molecule has 0 aliphatic rings. The van der Waals surface area contributed by atoms with Crippen LogP contribution in [0.5, 0.6) is 5.88 Å². The minimum absolute atomic E-state index is 0.187. The van der Waals surface area contributed by atoms with Crippen molar-refractivity contribution in [3.63, 3.8) is 0 Å². The van der Waals surface area contributed by atoms with E-state index >= 15 is 0 Å². The van der Waals surface area contributed by atoms with Crippen molar-refractivity contribution in [3.05, 3.63) is 46.1 Å². The van der Waals surface area contributed by atoms with E-state index < -0.39 is 16.5 Å². The summed E-state index contributed by atoms with van der Waals surface area (Å²) in [7, 11) is 0. The Morgan fingerprint density at radius 1 is 1.37 bits per heavy atom. The van der Waals surface area contributed by atoms with Crippen molar-refractivity contribution in [2.75, 3.05) is 0 Å². The first-order valence-corrected chi connectivity index (χ1v) is 5.28. The number of nitriles is 1. The third-order valence-electron chi connectivity index (χ3n) is 2.44. The third kappa shape index (κ3) is 2.63. The van der Waals surface area contributed by atoms with Gasteiger partial charge in [0.2, 0.25) is 0 Å². The quantitative estimate of drug-likeness (QED) is 0.661. The molecule has 2 rings (SSSR count). The molecule has 1 N–H and O–H groups in total. The Labute approximate surface area is 107 Å². The molecule has 0 saturated carbocycles. The second-order valence-electron chi connectivity index (χ2n) is 3.69. The Kier molecular flexibility index (Phi) is 3.34. The van der Waals surface area contributed by atoms with Gasteiger partial charge in [0.1, 0.15) is 6.20 Å². The molecule has 0 aliphatic heterocycles. The number of hydrogen-bond donors (Lipinski definition) is 1. The lowest BCUT2D eigenvalue weighted by Crippen LogP contribution is -1.95. The van der Waals surface area contributed by atoms with Crippen molar-refractivity contribution in [2.45, 2.75) is 6.42 Å². The molecule has 0 atom stereocenters. The van der Waals surface area contributed by atoms with E-state index in [1.165, 1.54) is 0 Å². The highest BCUT2D eigenvalue weighted by Crippen LogP contribution is 2.25. The van der Waals surface area contributed by atoms with Crippen molar-refractivity contribution in [1.29, 1.82) is 5.26 Å². The van der Waals surface area contributed by atoms with Gasteiger partial charge in [-0.2, -0.15) is 10.2 Å². The van der Waals surface area contributed by atoms with Crippen molar-refractivity contribution in [3.8, 4) is 23.3 Å². The van der Waals surface area contributed by atoms with Crippen LogP contribution in [0, 0.1) is 21.4 Å². The van der Waals surface area contributed by atoms with Crippen molar-refractivity contribution in [1.82, 2.24) is 9.97 Å². The molecule has 7 nitrogen and oxygen atoms in total. The van der Waals surface area contributed by atoms with Gasteiger partial charge in [-0.05, 0) is 5.56 Å². The van der Waals surface area contributed by atoms with Gasteiger partial charge in [-0.25, -0.2) is 4.98 Å². The van der Waals surface area contributed by atoms with E-state index in [0.717, 1.165) is 11.8 Å². The standard InChI is InChI=1S/C12H8N4O3/c13-6-5-8-1-3-9(4-2-8)11-14-7-10(16(18)19)12(17)15-11/h1-4,7H,5H2,(H,14,15,17).